The van der Waals surface area contributed by atoms with Crippen molar-refractivity contribution >= 4 is 16.1 Å². The van der Waals surface area contributed by atoms with Gasteiger partial charge in [0, 0.05) is 26.1 Å². The summed E-state index contributed by atoms with van der Waals surface area (Å²) in [5, 5.41) is 8.69. The van der Waals surface area contributed by atoms with E-state index >= 15 is 0 Å². The van der Waals surface area contributed by atoms with E-state index in [4.69, 9.17) is 10.00 Å². The van der Waals surface area contributed by atoms with E-state index in [1.165, 1.54) is 0 Å². The van der Waals surface area contributed by atoms with Crippen LogP contribution in [0.25, 0.3) is 0 Å². The Balaban J connectivity index is 2.19. The van der Waals surface area contributed by atoms with E-state index < -0.39 is 21.2 Å². The van der Waals surface area contributed by atoms with Gasteiger partial charge in [-0.3, -0.25) is 0 Å². The average molecular weight is 386 g/mol. The maximum absolute atomic E-state index is 12.9. The topological polar surface area (TPSA) is 90.7 Å². The smallest absolute Gasteiger partial charge is 0.410 e. The predicted molar refractivity (Wildman–Crippen MR) is 99.0 cm³/mol. The van der Waals surface area contributed by atoms with Crippen molar-refractivity contribution in [3.8, 4) is 6.07 Å². The van der Waals surface area contributed by atoms with Gasteiger partial charge in [0.25, 0.3) is 0 Å². The Labute approximate surface area is 157 Å². The number of hydrogen-bond donors (Lipinski definition) is 0. The number of unbranched alkanes of at least 4 members (excludes halogenated alkanes) is 1. The fourth-order valence-electron chi connectivity index (χ4n) is 3.94. The molecule has 0 unspecified atom stereocenters. The molecule has 1 amide bonds. The van der Waals surface area contributed by atoms with E-state index in [1.807, 2.05) is 26.8 Å². The number of ether oxygens (including phenoxy) is 1. The fraction of sp³-hybridized carbons (Fsp3) is 0.889. The number of carbonyl (C=O) groups excluding carboxylic acids is 1. The second-order valence-corrected chi connectivity index (χ2v) is 10.3. The van der Waals surface area contributed by atoms with Crippen molar-refractivity contribution in [2.75, 3.05) is 25.4 Å². The van der Waals surface area contributed by atoms with Gasteiger partial charge in [-0.15, -0.1) is 0 Å². The summed E-state index contributed by atoms with van der Waals surface area (Å²) in [6.45, 7) is 6.52. The third-order valence-electron chi connectivity index (χ3n) is 5.05. The number of rotatable bonds is 4. The lowest BCUT2D eigenvalue weighted by molar-refractivity contribution is -0.0113. The minimum Gasteiger partial charge on any atom is -0.444 e. The maximum atomic E-state index is 12.9. The second kappa shape index (κ2) is 8.13. The highest BCUT2D eigenvalue weighted by molar-refractivity contribution is 7.89. The summed E-state index contributed by atoms with van der Waals surface area (Å²) in [5.41, 5.74) is -1.10. The number of sulfonamides is 1. The quantitative estimate of drug-likeness (QED) is 0.694. The Morgan fingerprint density at radius 3 is 2.42 bits per heavy atom. The van der Waals surface area contributed by atoms with Gasteiger partial charge in [-0.1, -0.05) is 19.3 Å². The van der Waals surface area contributed by atoms with Gasteiger partial charge in [0.2, 0.25) is 10.0 Å². The number of amides is 1. The number of piperazine rings is 1. The Morgan fingerprint density at radius 1 is 1.19 bits per heavy atom. The molecule has 1 aliphatic heterocycles. The average Bonchev–Trinajstić information content (AvgIpc) is 2.53. The molecule has 8 heteroatoms. The van der Waals surface area contributed by atoms with Crippen molar-refractivity contribution in [3.05, 3.63) is 0 Å². The van der Waals surface area contributed by atoms with Crippen LogP contribution in [0.3, 0.4) is 0 Å². The van der Waals surface area contributed by atoms with Crippen LogP contribution in [0.15, 0.2) is 0 Å². The molecule has 2 rings (SSSR count). The molecule has 26 heavy (non-hydrogen) atoms. The van der Waals surface area contributed by atoms with Gasteiger partial charge in [0.05, 0.1) is 17.4 Å². The molecular formula is C18H31N3O4S. The van der Waals surface area contributed by atoms with Crippen molar-refractivity contribution < 1.29 is 17.9 Å². The molecule has 0 N–H and O–H groups in total. The zero-order valence-electron chi connectivity index (χ0n) is 16.2. The van der Waals surface area contributed by atoms with Gasteiger partial charge in [-0.2, -0.15) is 9.57 Å². The first-order chi connectivity index (χ1) is 12.1. The molecule has 148 valence electrons. The Bertz CT molecular complexity index is 642. The van der Waals surface area contributed by atoms with Crippen molar-refractivity contribution in [2.24, 2.45) is 0 Å². The largest absolute Gasteiger partial charge is 0.444 e. The summed E-state index contributed by atoms with van der Waals surface area (Å²) in [5.74, 6) is -0.00521. The highest BCUT2D eigenvalue weighted by Crippen LogP contribution is 2.39. The normalized spacial score (nSPS) is 21.4. The lowest BCUT2D eigenvalue weighted by Gasteiger charge is -2.51. The van der Waals surface area contributed by atoms with E-state index in [9.17, 15) is 13.2 Å². The Hall–Kier alpha value is -1.33. The van der Waals surface area contributed by atoms with Crippen molar-refractivity contribution in [2.45, 2.75) is 76.9 Å². The highest BCUT2D eigenvalue weighted by atomic mass is 32.2. The maximum Gasteiger partial charge on any atom is 0.410 e. The molecule has 2 aliphatic rings. The third-order valence-corrected chi connectivity index (χ3v) is 7.10. The molecule has 7 nitrogen and oxygen atoms in total. The molecule has 1 heterocycles. The van der Waals surface area contributed by atoms with Crippen LogP contribution in [0.1, 0.15) is 65.7 Å². The van der Waals surface area contributed by atoms with Crippen LogP contribution in [0, 0.1) is 11.3 Å². The van der Waals surface area contributed by atoms with Crippen molar-refractivity contribution in [3.63, 3.8) is 0 Å². The van der Waals surface area contributed by atoms with Crippen molar-refractivity contribution in [1.29, 1.82) is 5.26 Å². The summed E-state index contributed by atoms with van der Waals surface area (Å²) in [7, 11) is -3.44. The molecule has 0 aromatic rings. The molecule has 1 saturated carbocycles. The molecular weight excluding hydrogens is 354 g/mol. The van der Waals surface area contributed by atoms with Gasteiger partial charge in [-0.05, 0) is 40.0 Å². The van der Waals surface area contributed by atoms with E-state index in [0.717, 1.165) is 32.1 Å². The first-order valence-electron chi connectivity index (χ1n) is 9.45. The van der Waals surface area contributed by atoms with Crippen LogP contribution in [0.5, 0.6) is 0 Å². The predicted octanol–water partition coefficient (Wildman–Crippen LogP) is 2.88. The lowest BCUT2D eigenvalue weighted by Crippen LogP contribution is -2.65. The molecule has 0 bridgehead atoms. The zero-order valence-corrected chi connectivity index (χ0v) is 17.0. The summed E-state index contributed by atoms with van der Waals surface area (Å²) in [4.78, 5) is 14.2. The number of nitriles is 1. The van der Waals surface area contributed by atoms with Crippen LogP contribution in [0.2, 0.25) is 0 Å². The monoisotopic (exact) mass is 385 g/mol. The second-order valence-electron chi connectivity index (χ2n) is 8.34. The van der Waals surface area contributed by atoms with Crippen LogP contribution in [-0.4, -0.2) is 60.2 Å². The van der Waals surface area contributed by atoms with Gasteiger partial charge >= 0.3 is 6.09 Å². The minimum absolute atomic E-state index is 0.00521. The molecule has 0 aromatic carbocycles. The molecule has 1 aliphatic carbocycles. The molecule has 0 atom stereocenters. The molecule has 1 spiro atoms. The Kier molecular flexibility index (Phi) is 6.56. The van der Waals surface area contributed by atoms with Crippen LogP contribution < -0.4 is 0 Å². The van der Waals surface area contributed by atoms with E-state index in [1.54, 1.807) is 9.21 Å². The van der Waals surface area contributed by atoms with Crippen LogP contribution >= 0.6 is 0 Å². The minimum atomic E-state index is -3.44. The first kappa shape index (κ1) is 21.0. The standard InChI is InChI=1S/C18H31N3O4S/c1-17(2,3)25-16(22)20-12-13-21(26(23,24)14-8-7-11-19)18(15-20)9-5-4-6-10-18/h4-10,12-15H2,1-3H3. The summed E-state index contributed by atoms with van der Waals surface area (Å²) in [6, 6.07) is 2.01. The molecule has 1 saturated heterocycles. The van der Waals surface area contributed by atoms with Gasteiger partial charge in [0.1, 0.15) is 5.60 Å². The Morgan fingerprint density at radius 2 is 1.85 bits per heavy atom. The van der Waals surface area contributed by atoms with E-state index in [-0.39, 0.29) is 18.3 Å². The number of hydrogen-bond acceptors (Lipinski definition) is 5. The van der Waals surface area contributed by atoms with E-state index in [2.05, 4.69) is 0 Å². The lowest BCUT2D eigenvalue weighted by atomic mass is 9.80. The highest BCUT2D eigenvalue weighted by Gasteiger charge is 2.48. The summed E-state index contributed by atoms with van der Waals surface area (Å²) >= 11 is 0. The van der Waals surface area contributed by atoms with Crippen LogP contribution in [0.4, 0.5) is 4.79 Å². The van der Waals surface area contributed by atoms with E-state index in [0.29, 0.717) is 26.1 Å². The molecule has 2 fully saturated rings. The van der Waals surface area contributed by atoms with Gasteiger partial charge in [-0.25, -0.2) is 13.2 Å². The zero-order chi connectivity index (χ0) is 19.4. The molecule has 0 radical (unpaired) electrons. The molecule has 0 aromatic heterocycles. The third kappa shape index (κ3) is 5.10. The number of nitrogens with zero attached hydrogens (tertiary/aromatic N) is 3. The fourth-order valence-corrected chi connectivity index (χ4v) is 5.86. The van der Waals surface area contributed by atoms with Gasteiger partial charge < -0.3 is 9.64 Å². The van der Waals surface area contributed by atoms with Crippen molar-refractivity contribution in [1.82, 2.24) is 9.21 Å². The first-order valence-corrected chi connectivity index (χ1v) is 11.1. The summed E-state index contributed by atoms with van der Waals surface area (Å²) in [6.07, 6.45) is 4.78. The number of carbonyl (C=O) groups is 1. The SMILES string of the molecule is CC(C)(C)OC(=O)N1CCN(S(=O)(=O)CCCC#N)C2(CCCCC2)C1. The van der Waals surface area contributed by atoms with Gasteiger partial charge in [0.15, 0.2) is 0 Å². The van der Waals surface area contributed by atoms with Crippen LogP contribution in [-0.2, 0) is 14.8 Å². The summed E-state index contributed by atoms with van der Waals surface area (Å²) < 4.78 is 33.0.